The van der Waals surface area contributed by atoms with Crippen molar-refractivity contribution in [1.29, 1.82) is 0 Å². The van der Waals surface area contributed by atoms with E-state index < -0.39 is 9.84 Å². The standard InChI is InChI=1S/C10H20N2O2S/c1-8-4-9(11)6-12(5-8)10-2-3-15(13,14)7-10/h8-10H,2-7,11H2,1H3. The highest BCUT2D eigenvalue weighted by Gasteiger charge is 2.35. The van der Waals surface area contributed by atoms with Gasteiger partial charge < -0.3 is 5.73 Å². The van der Waals surface area contributed by atoms with Gasteiger partial charge in [-0.05, 0) is 18.8 Å². The number of sulfone groups is 1. The average Bonchev–Trinajstić information content (AvgIpc) is 2.44. The zero-order valence-electron chi connectivity index (χ0n) is 9.22. The number of nitrogens with two attached hydrogens (primary N) is 1. The second-order valence-corrected chi connectivity index (χ2v) is 7.34. The maximum absolute atomic E-state index is 11.4. The highest BCUT2D eigenvalue weighted by molar-refractivity contribution is 7.91. The Hall–Kier alpha value is -0.130. The molecule has 0 amide bonds. The third-order valence-electron chi connectivity index (χ3n) is 3.45. The normalized spacial score (nSPS) is 41.9. The van der Waals surface area contributed by atoms with E-state index in [9.17, 15) is 8.42 Å². The van der Waals surface area contributed by atoms with Crippen LogP contribution in [-0.2, 0) is 9.84 Å². The van der Waals surface area contributed by atoms with Crippen LogP contribution in [0, 0.1) is 5.92 Å². The van der Waals surface area contributed by atoms with Crippen LogP contribution in [-0.4, -0.2) is 50.0 Å². The van der Waals surface area contributed by atoms with E-state index in [1.54, 1.807) is 0 Å². The predicted octanol–water partition coefficient (Wildman–Crippen LogP) is -0.157. The topological polar surface area (TPSA) is 63.4 Å². The lowest BCUT2D eigenvalue weighted by atomic mass is 9.95. The molecular formula is C10H20N2O2S. The number of piperidine rings is 1. The first-order chi connectivity index (χ1) is 6.96. The summed E-state index contributed by atoms with van der Waals surface area (Å²) in [5.74, 6) is 1.29. The van der Waals surface area contributed by atoms with Gasteiger partial charge in [-0.1, -0.05) is 6.92 Å². The summed E-state index contributed by atoms with van der Waals surface area (Å²) < 4.78 is 22.8. The number of hydrogen-bond donors (Lipinski definition) is 1. The van der Waals surface area contributed by atoms with Gasteiger partial charge in [0.05, 0.1) is 11.5 Å². The van der Waals surface area contributed by atoms with Crippen molar-refractivity contribution < 1.29 is 8.42 Å². The van der Waals surface area contributed by atoms with Crippen molar-refractivity contribution in [1.82, 2.24) is 4.90 Å². The predicted molar refractivity (Wildman–Crippen MR) is 60.4 cm³/mol. The lowest BCUT2D eigenvalue weighted by Crippen LogP contribution is -2.50. The second kappa shape index (κ2) is 4.03. The fourth-order valence-corrected chi connectivity index (χ4v) is 4.57. The zero-order chi connectivity index (χ0) is 11.1. The van der Waals surface area contributed by atoms with Crippen molar-refractivity contribution in [2.24, 2.45) is 11.7 Å². The molecule has 4 nitrogen and oxygen atoms in total. The summed E-state index contributed by atoms with van der Waals surface area (Å²) >= 11 is 0. The Kier molecular flexibility index (Phi) is 3.05. The van der Waals surface area contributed by atoms with Gasteiger partial charge in [0, 0.05) is 25.2 Å². The number of likely N-dealkylation sites (tertiary alicyclic amines) is 1. The van der Waals surface area contributed by atoms with Gasteiger partial charge in [-0.2, -0.15) is 0 Å². The Morgan fingerprint density at radius 2 is 2.07 bits per heavy atom. The first-order valence-electron chi connectivity index (χ1n) is 5.66. The Labute approximate surface area is 91.7 Å². The largest absolute Gasteiger partial charge is 0.327 e. The molecule has 2 saturated heterocycles. The lowest BCUT2D eigenvalue weighted by molar-refractivity contribution is 0.126. The SMILES string of the molecule is CC1CC(N)CN(C2CCS(=O)(=O)C2)C1. The van der Waals surface area contributed by atoms with Crippen LogP contribution in [0.4, 0.5) is 0 Å². The van der Waals surface area contributed by atoms with Crippen molar-refractivity contribution in [3.05, 3.63) is 0 Å². The minimum absolute atomic E-state index is 0.219. The number of rotatable bonds is 1. The Morgan fingerprint density at radius 1 is 1.33 bits per heavy atom. The molecule has 5 heteroatoms. The van der Waals surface area contributed by atoms with Crippen LogP contribution in [0.1, 0.15) is 19.8 Å². The van der Waals surface area contributed by atoms with E-state index in [0.29, 0.717) is 17.4 Å². The van der Waals surface area contributed by atoms with Crippen molar-refractivity contribution in [2.75, 3.05) is 24.6 Å². The van der Waals surface area contributed by atoms with Crippen LogP contribution in [0.5, 0.6) is 0 Å². The van der Waals surface area contributed by atoms with Crippen molar-refractivity contribution >= 4 is 9.84 Å². The maximum Gasteiger partial charge on any atom is 0.151 e. The fourth-order valence-electron chi connectivity index (χ4n) is 2.80. The van der Waals surface area contributed by atoms with Gasteiger partial charge in [0.2, 0.25) is 0 Å². The molecule has 88 valence electrons. The summed E-state index contributed by atoms with van der Waals surface area (Å²) in [6.07, 6.45) is 1.86. The Morgan fingerprint density at radius 3 is 2.60 bits per heavy atom. The van der Waals surface area contributed by atoms with Gasteiger partial charge in [0.1, 0.15) is 0 Å². The van der Waals surface area contributed by atoms with Crippen LogP contribution >= 0.6 is 0 Å². The number of nitrogens with zero attached hydrogens (tertiary/aromatic N) is 1. The molecule has 2 heterocycles. The summed E-state index contributed by atoms with van der Waals surface area (Å²) in [6.45, 7) is 4.06. The van der Waals surface area contributed by atoms with Crippen LogP contribution in [0.15, 0.2) is 0 Å². The Bertz CT molecular complexity index is 318. The Balaban J connectivity index is 1.99. The number of hydrogen-bond acceptors (Lipinski definition) is 4. The minimum atomic E-state index is -2.76. The third-order valence-corrected chi connectivity index (χ3v) is 5.20. The van der Waals surface area contributed by atoms with Crippen molar-refractivity contribution in [2.45, 2.75) is 31.8 Å². The molecular weight excluding hydrogens is 212 g/mol. The van der Waals surface area contributed by atoms with Crippen LogP contribution in [0.25, 0.3) is 0 Å². The molecule has 3 unspecified atom stereocenters. The molecule has 2 N–H and O–H groups in total. The molecule has 0 saturated carbocycles. The van der Waals surface area contributed by atoms with Crippen molar-refractivity contribution in [3.8, 4) is 0 Å². The van der Waals surface area contributed by atoms with E-state index in [1.165, 1.54) is 0 Å². The molecule has 0 spiro atoms. The summed E-state index contributed by atoms with van der Waals surface area (Å²) in [5, 5.41) is 0. The van der Waals surface area contributed by atoms with Crippen molar-refractivity contribution in [3.63, 3.8) is 0 Å². The molecule has 0 bridgehead atoms. The first kappa shape index (κ1) is 11.4. The van der Waals surface area contributed by atoms with E-state index in [1.807, 2.05) is 0 Å². The highest BCUT2D eigenvalue weighted by atomic mass is 32.2. The second-order valence-electron chi connectivity index (χ2n) is 5.11. The van der Waals surface area contributed by atoms with E-state index in [0.717, 1.165) is 25.9 Å². The van der Waals surface area contributed by atoms with Gasteiger partial charge in [0.25, 0.3) is 0 Å². The molecule has 15 heavy (non-hydrogen) atoms. The average molecular weight is 232 g/mol. The summed E-state index contributed by atoms with van der Waals surface area (Å²) in [7, 11) is -2.76. The van der Waals surface area contributed by atoms with Gasteiger partial charge >= 0.3 is 0 Å². The molecule has 2 rings (SSSR count). The first-order valence-corrected chi connectivity index (χ1v) is 7.48. The molecule has 0 radical (unpaired) electrons. The lowest BCUT2D eigenvalue weighted by Gasteiger charge is -2.38. The molecule has 0 aliphatic carbocycles. The summed E-state index contributed by atoms with van der Waals surface area (Å²) in [5.41, 5.74) is 5.96. The molecule has 3 atom stereocenters. The van der Waals surface area contributed by atoms with E-state index in [2.05, 4.69) is 11.8 Å². The highest BCUT2D eigenvalue weighted by Crippen LogP contribution is 2.23. The van der Waals surface area contributed by atoms with Crippen LogP contribution in [0.2, 0.25) is 0 Å². The quantitative estimate of drug-likeness (QED) is 0.682. The van der Waals surface area contributed by atoms with Crippen LogP contribution < -0.4 is 5.73 Å². The monoisotopic (exact) mass is 232 g/mol. The summed E-state index contributed by atoms with van der Waals surface area (Å²) in [4.78, 5) is 2.28. The molecule has 2 fully saturated rings. The van der Waals surface area contributed by atoms with Gasteiger partial charge in [0.15, 0.2) is 9.84 Å². The molecule has 0 aromatic heterocycles. The third kappa shape index (κ3) is 2.71. The molecule has 2 aliphatic heterocycles. The smallest absolute Gasteiger partial charge is 0.151 e. The zero-order valence-corrected chi connectivity index (χ0v) is 10.0. The minimum Gasteiger partial charge on any atom is -0.327 e. The molecule has 0 aromatic carbocycles. The van der Waals surface area contributed by atoms with Crippen LogP contribution in [0.3, 0.4) is 0 Å². The fraction of sp³-hybridized carbons (Fsp3) is 1.00. The van der Waals surface area contributed by atoms with Gasteiger partial charge in [-0.25, -0.2) is 8.42 Å². The van der Waals surface area contributed by atoms with E-state index in [-0.39, 0.29) is 12.1 Å². The van der Waals surface area contributed by atoms with E-state index >= 15 is 0 Å². The van der Waals surface area contributed by atoms with Gasteiger partial charge in [-0.15, -0.1) is 0 Å². The van der Waals surface area contributed by atoms with E-state index in [4.69, 9.17) is 5.73 Å². The molecule has 0 aromatic rings. The molecule has 2 aliphatic rings. The van der Waals surface area contributed by atoms with Gasteiger partial charge in [-0.3, -0.25) is 4.90 Å². The summed E-state index contributed by atoms with van der Waals surface area (Å²) in [6, 6.07) is 0.445. The maximum atomic E-state index is 11.4.